The normalized spacial score (nSPS) is 36.3. The van der Waals surface area contributed by atoms with Crippen molar-refractivity contribution in [3.63, 3.8) is 0 Å². The zero-order chi connectivity index (χ0) is 60.0. The van der Waals surface area contributed by atoms with E-state index in [1.807, 2.05) is 0 Å². The quantitative estimate of drug-likeness (QED) is 0.160. The second kappa shape index (κ2) is 26.5. The van der Waals surface area contributed by atoms with E-state index >= 15 is 0 Å². The molecule has 12 aliphatic heterocycles. The Morgan fingerprint density at radius 1 is 0.463 bits per heavy atom. The highest BCUT2D eigenvalue weighted by molar-refractivity contribution is 6.02. The van der Waals surface area contributed by atoms with Crippen molar-refractivity contribution in [2.75, 3.05) is 92.0 Å². The number of ketones is 1. The maximum Gasteiger partial charge on any atom is 0.332 e. The molecule has 0 aliphatic carbocycles. The predicted octanol–water partition coefficient (Wildman–Crippen LogP) is 1.97. The van der Waals surface area contributed by atoms with E-state index in [4.69, 9.17) is 29.2 Å². The van der Waals surface area contributed by atoms with E-state index in [2.05, 4.69) is 9.80 Å². The van der Waals surface area contributed by atoms with E-state index in [-0.39, 0.29) is 125 Å². The van der Waals surface area contributed by atoms with Crippen LogP contribution in [-0.2, 0) is 62.1 Å². The van der Waals surface area contributed by atoms with Crippen LogP contribution >= 0.6 is 0 Å². The predicted molar refractivity (Wildman–Crippen MR) is 281 cm³/mol. The number of carbonyl (C=O) groups is 9. The first-order chi connectivity index (χ1) is 38.9. The lowest BCUT2D eigenvalue weighted by Crippen LogP contribution is -2.48. The molecule has 82 heavy (non-hydrogen) atoms. The van der Waals surface area contributed by atoms with Gasteiger partial charge >= 0.3 is 23.9 Å². The van der Waals surface area contributed by atoms with E-state index in [0.29, 0.717) is 90.3 Å². The van der Waals surface area contributed by atoms with Crippen molar-refractivity contribution in [2.24, 2.45) is 0 Å². The van der Waals surface area contributed by atoms with Gasteiger partial charge in [0.25, 0.3) is 0 Å². The molecule has 0 bridgehead atoms. The number of β-amino-alcohol motifs (C(OH)–C–C–N with tert-alkyl or cyclic N) is 1. The van der Waals surface area contributed by atoms with E-state index < -0.39 is 70.9 Å². The van der Waals surface area contributed by atoms with Gasteiger partial charge in [0, 0.05) is 94.9 Å². The average molecular weight is 1170 g/mol. The fourth-order valence-corrected chi connectivity index (χ4v) is 14.8. The van der Waals surface area contributed by atoms with Crippen molar-refractivity contribution in [1.29, 1.82) is 0 Å². The van der Waals surface area contributed by atoms with Crippen molar-refractivity contribution >= 4 is 53.3 Å². The summed E-state index contributed by atoms with van der Waals surface area (Å²) in [5.74, 6) is -2.20. The molecule has 0 aromatic carbocycles. The molecule has 26 heteroatoms. The van der Waals surface area contributed by atoms with Crippen LogP contribution in [0.15, 0.2) is 0 Å². The molecule has 12 aliphatic rings. The molecule has 0 aromatic heterocycles. The maximum atomic E-state index is 13.3. The number of fused-ring (bicyclic) bond motifs is 6. The summed E-state index contributed by atoms with van der Waals surface area (Å²) in [4.78, 5) is 114. The van der Waals surface area contributed by atoms with Gasteiger partial charge in [-0.2, -0.15) is 0 Å². The number of halogens is 4. The highest BCUT2D eigenvalue weighted by Crippen LogP contribution is 2.45. The molecule has 4 amide bonds. The standard InChI is InChI=1S/2C10H14FNO3.C10H15NO4.C10H13NO4.2C8H14FNO/c2*1-2-15-9(14)10-4-3-8(13)12(10)6-7(11)5-10;2*1-2-15-9(14)10-4-3-8(13)11(10)6-7(12)5-10;2*9-7-4-8(6-11)2-1-3-10(8)5-7/h2*7H,2-6H2,1H3;7,12H,2-6H2,1H3;2-6H2,1H3;2*7,11H,1-6H2/t7-,10+;7-,10-;7?,10-;10-;7-,8+;7-,8-/m100010/s1. The number of esters is 4. The van der Waals surface area contributed by atoms with Crippen molar-refractivity contribution in [2.45, 2.75) is 207 Å². The number of aliphatic hydroxyl groups is 3. The van der Waals surface area contributed by atoms with Gasteiger partial charge in [0.2, 0.25) is 23.6 Å². The second-order valence-electron chi connectivity index (χ2n) is 23.6. The number of ether oxygens (including phenoxy) is 4. The molecule has 0 saturated carbocycles. The fourth-order valence-electron chi connectivity index (χ4n) is 14.8. The van der Waals surface area contributed by atoms with Gasteiger partial charge in [-0.1, -0.05) is 0 Å². The third kappa shape index (κ3) is 12.5. The number of Topliss-reactive ketones (excluding diaryl/α,β-unsaturated/α-hetero) is 1. The molecular formula is C56H84F4N6O16. The highest BCUT2D eigenvalue weighted by atomic mass is 19.1. The third-order valence-electron chi connectivity index (χ3n) is 18.7. The molecule has 3 N–H and O–H groups in total. The van der Waals surface area contributed by atoms with Crippen molar-refractivity contribution in [3.05, 3.63) is 0 Å². The largest absolute Gasteiger partial charge is 0.464 e. The summed E-state index contributed by atoms with van der Waals surface area (Å²) in [7, 11) is 0. The van der Waals surface area contributed by atoms with Crippen LogP contribution in [-0.4, -0.2) is 254 Å². The van der Waals surface area contributed by atoms with Gasteiger partial charge in [0.1, 0.15) is 46.8 Å². The summed E-state index contributed by atoms with van der Waals surface area (Å²) in [6, 6.07) is 0. The van der Waals surface area contributed by atoms with Crippen LogP contribution in [0.4, 0.5) is 17.6 Å². The first-order valence-electron chi connectivity index (χ1n) is 29.3. The van der Waals surface area contributed by atoms with E-state index in [1.54, 1.807) is 27.7 Å². The monoisotopic (exact) mass is 1170 g/mol. The van der Waals surface area contributed by atoms with Crippen LogP contribution in [0.1, 0.15) is 143 Å². The zero-order valence-electron chi connectivity index (χ0n) is 47.9. The first-order valence-corrected chi connectivity index (χ1v) is 29.3. The number of amides is 4. The van der Waals surface area contributed by atoms with Crippen LogP contribution in [0.25, 0.3) is 0 Å². The van der Waals surface area contributed by atoms with Crippen LogP contribution in [0.3, 0.4) is 0 Å². The van der Waals surface area contributed by atoms with Gasteiger partial charge in [-0.05, 0) is 92.2 Å². The molecule has 12 fully saturated rings. The van der Waals surface area contributed by atoms with Gasteiger partial charge in [-0.3, -0.25) is 33.8 Å². The van der Waals surface area contributed by atoms with Crippen molar-refractivity contribution < 1.29 is 95.0 Å². The summed E-state index contributed by atoms with van der Waals surface area (Å²) in [6.45, 7) is 11.7. The minimum atomic E-state index is -1.10. The minimum Gasteiger partial charge on any atom is -0.464 e. The summed E-state index contributed by atoms with van der Waals surface area (Å²) in [5, 5.41) is 27.8. The molecule has 12 saturated heterocycles. The SMILES string of the molecule is CCOC(=O)[C@@]12CCC(=O)N1CC(=O)C2.CCOC(=O)[C@@]12CCC(=O)N1CC(O)C2.CCOC(=O)[C@@]12CCC(=O)N1C[C@@H](F)C2.CCOC(=O)[C@@]12CCC(=O)N1C[C@H](F)C2.OC[C@@]12CCCN1C[C@@H](F)C2.OC[C@@]12CCCN1C[C@H](F)C2. The summed E-state index contributed by atoms with van der Waals surface area (Å²) >= 11 is 0. The van der Waals surface area contributed by atoms with Crippen LogP contribution in [0.5, 0.6) is 0 Å². The molecule has 11 atom stereocenters. The Kier molecular flexibility index (Phi) is 20.8. The van der Waals surface area contributed by atoms with Gasteiger partial charge in [-0.15, -0.1) is 0 Å². The Morgan fingerprint density at radius 2 is 0.793 bits per heavy atom. The Bertz CT molecular complexity index is 2220. The van der Waals surface area contributed by atoms with Crippen molar-refractivity contribution in [3.8, 4) is 0 Å². The summed E-state index contributed by atoms with van der Waals surface area (Å²) < 4.78 is 72.2. The fraction of sp³-hybridized carbons (Fsp3) is 0.839. The molecular weight excluding hydrogens is 1090 g/mol. The van der Waals surface area contributed by atoms with Crippen LogP contribution in [0.2, 0.25) is 0 Å². The molecule has 1 unspecified atom stereocenters. The Hall–Kier alpha value is -5.05. The lowest BCUT2D eigenvalue weighted by molar-refractivity contribution is -0.157. The Balaban J connectivity index is 0.000000142. The highest BCUT2D eigenvalue weighted by Gasteiger charge is 2.61. The molecule has 462 valence electrons. The third-order valence-corrected chi connectivity index (χ3v) is 18.7. The molecule has 0 radical (unpaired) electrons. The summed E-state index contributed by atoms with van der Waals surface area (Å²) in [6.07, 6.45) is 4.75. The second-order valence-corrected chi connectivity index (χ2v) is 23.6. The first kappa shape index (κ1) is 64.5. The number of nitrogens with zero attached hydrogens (tertiary/aromatic N) is 6. The number of aliphatic hydroxyl groups excluding tert-OH is 3. The summed E-state index contributed by atoms with van der Waals surface area (Å²) in [5.41, 5.74) is -4.16. The maximum absolute atomic E-state index is 13.3. The van der Waals surface area contributed by atoms with Gasteiger partial charge in [0.05, 0.1) is 65.4 Å². The zero-order valence-corrected chi connectivity index (χ0v) is 47.9. The van der Waals surface area contributed by atoms with Gasteiger partial charge < -0.3 is 53.9 Å². The Morgan fingerprint density at radius 3 is 1.16 bits per heavy atom. The van der Waals surface area contributed by atoms with E-state index in [9.17, 15) is 65.8 Å². The topological polar surface area (TPSA) is 271 Å². The molecule has 12 heterocycles. The number of hydrogen-bond donors (Lipinski definition) is 3. The van der Waals surface area contributed by atoms with Crippen LogP contribution < -0.4 is 0 Å². The van der Waals surface area contributed by atoms with Gasteiger partial charge in [-0.25, -0.2) is 36.7 Å². The lowest BCUT2D eigenvalue weighted by Gasteiger charge is -2.28. The lowest BCUT2D eigenvalue weighted by atomic mass is 9.93. The van der Waals surface area contributed by atoms with Gasteiger partial charge in [0.15, 0.2) is 5.78 Å². The van der Waals surface area contributed by atoms with Crippen molar-refractivity contribution in [1.82, 2.24) is 29.4 Å². The number of carbonyl (C=O) groups excluding carboxylic acids is 9. The smallest absolute Gasteiger partial charge is 0.332 e. The molecule has 0 aromatic rings. The number of alkyl halides is 4. The minimum absolute atomic E-state index is 0.0393. The number of hydrogen-bond acceptors (Lipinski definition) is 18. The average Bonchev–Trinajstić information content (AvgIpc) is 4.50. The molecule has 12 rings (SSSR count). The number of rotatable bonds is 10. The molecule has 22 nitrogen and oxygen atoms in total. The van der Waals surface area contributed by atoms with E-state index in [0.717, 1.165) is 38.8 Å². The van der Waals surface area contributed by atoms with Crippen LogP contribution in [0, 0.1) is 0 Å². The molecule has 0 spiro atoms. The van der Waals surface area contributed by atoms with E-state index in [1.165, 1.54) is 19.6 Å². The Labute approximate surface area is 475 Å².